The van der Waals surface area contributed by atoms with Crippen LogP contribution < -0.4 is 39.0 Å². The molecule has 2 aromatic carbocycles. The molecule has 0 aliphatic heterocycles. The third-order valence-electron chi connectivity index (χ3n) is 4.92. The van der Waals surface area contributed by atoms with Crippen molar-refractivity contribution in [1.29, 1.82) is 0 Å². The number of phosphoric ester groups is 1. The fourth-order valence-corrected chi connectivity index (χ4v) is 4.36. The molecular formula is C24H34NaO4P. The van der Waals surface area contributed by atoms with Crippen LogP contribution in [-0.4, -0.2) is 6.10 Å². The van der Waals surface area contributed by atoms with Gasteiger partial charge in [-0.2, -0.15) is 0 Å². The molecule has 0 saturated carbocycles. The number of para-hydroxylation sites is 1. The molecule has 160 valence electrons. The van der Waals surface area contributed by atoms with Crippen LogP contribution in [0, 0.1) is 0 Å². The Labute approximate surface area is 204 Å². The molecule has 0 aliphatic carbocycles. The minimum atomic E-state index is -4.43. The summed E-state index contributed by atoms with van der Waals surface area (Å²) in [5.74, 6) is 0.274. The minimum Gasteiger partial charge on any atom is -0.746 e. The first-order valence-electron chi connectivity index (χ1n) is 10.9. The molecule has 0 aromatic heterocycles. The van der Waals surface area contributed by atoms with E-state index in [1.54, 1.807) is 24.3 Å². The molecule has 0 bridgehead atoms. The van der Waals surface area contributed by atoms with Gasteiger partial charge in [0, 0.05) is 0 Å². The molecule has 30 heavy (non-hydrogen) atoms. The molecule has 0 aliphatic rings. The van der Waals surface area contributed by atoms with E-state index in [4.69, 9.17) is 9.05 Å². The number of benzene rings is 2. The fourth-order valence-electron chi connectivity index (χ4n) is 3.39. The van der Waals surface area contributed by atoms with Crippen molar-refractivity contribution in [3.05, 3.63) is 66.2 Å². The second kappa shape index (κ2) is 16.1. The van der Waals surface area contributed by atoms with Gasteiger partial charge in [-0.15, -0.1) is 0 Å². The molecule has 1 unspecified atom stereocenters. The summed E-state index contributed by atoms with van der Waals surface area (Å²) in [6.07, 6.45) is 10.5. The Kier molecular flexibility index (Phi) is 14.7. The SMILES string of the molecule is CCCCCCCCCC[C@H](Cc1ccccc1)OP(=O)([O-])Oc1ccccc1.[Na+]. The molecule has 0 spiro atoms. The van der Waals surface area contributed by atoms with Gasteiger partial charge in [0.25, 0.3) is 0 Å². The maximum Gasteiger partial charge on any atom is 1.00 e. The van der Waals surface area contributed by atoms with E-state index in [1.165, 1.54) is 38.5 Å². The van der Waals surface area contributed by atoms with Gasteiger partial charge in [0.2, 0.25) is 0 Å². The smallest absolute Gasteiger partial charge is 0.746 e. The molecule has 2 aromatic rings. The predicted octanol–water partition coefficient (Wildman–Crippen LogP) is 3.70. The van der Waals surface area contributed by atoms with Gasteiger partial charge in [-0.05, 0) is 30.5 Å². The summed E-state index contributed by atoms with van der Waals surface area (Å²) in [5, 5.41) is 0. The zero-order chi connectivity index (χ0) is 20.8. The normalized spacial score (nSPS) is 13.8. The Bertz CT molecular complexity index is 712. The fraction of sp³-hybridized carbons (Fsp3) is 0.500. The second-order valence-electron chi connectivity index (χ2n) is 7.53. The summed E-state index contributed by atoms with van der Waals surface area (Å²) in [6.45, 7) is 2.23. The molecular weight excluding hydrogens is 406 g/mol. The van der Waals surface area contributed by atoms with E-state index in [0.29, 0.717) is 12.8 Å². The summed E-state index contributed by atoms with van der Waals surface area (Å²) in [5.41, 5.74) is 1.07. The molecule has 0 radical (unpaired) electrons. The number of hydrogen-bond acceptors (Lipinski definition) is 4. The van der Waals surface area contributed by atoms with E-state index in [-0.39, 0.29) is 35.3 Å². The molecule has 6 heteroatoms. The molecule has 2 rings (SSSR count). The summed E-state index contributed by atoms with van der Waals surface area (Å²) >= 11 is 0. The van der Waals surface area contributed by atoms with Gasteiger partial charge in [0.1, 0.15) is 5.75 Å². The molecule has 0 N–H and O–H groups in total. The number of unbranched alkanes of at least 4 members (excludes halogenated alkanes) is 7. The number of rotatable bonds is 15. The van der Waals surface area contributed by atoms with Crippen molar-refractivity contribution in [3.8, 4) is 5.75 Å². The zero-order valence-corrected chi connectivity index (χ0v) is 21.4. The van der Waals surface area contributed by atoms with Crippen LogP contribution in [0.25, 0.3) is 0 Å². The maximum absolute atomic E-state index is 12.4. The topological polar surface area (TPSA) is 58.6 Å². The van der Waals surface area contributed by atoms with Crippen LogP contribution in [0.1, 0.15) is 70.3 Å². The van der Waals surface area contributed by atoms with Crippen molar-refractivity contribution >= 4 is 7.82 Å². The quantitative estimate of drug-likeness (QED) is 0.241. The average Bonchev–Trinajstić information content (AvgIpc) is 2.71. The van der Waals surface area contributed by atoms with Crippen molar-refractivity contribution in [2.45, 2.75) is 77.2 Å². The van der Waals surface area contributed by atoms with Crippen LogP contribution in [0.5, 0.6) is 5.75 Å². The van der Waals surface area contributed by atoms with Crippen LogP contribution >= 0.6 is 7.82 Å². The minimum absolute atomic E-state index is 0. The average molecular weight is 440 g/mol. The van der Waals surface area contributed by atoms with Gasteiger partial charge in [-0.1, -0.05) is 107 Å². The standard InChI is InChI=1S/C24H35O4P.Na/c1-2-3-4-5-6-7-8-13-20-24(21-22-16-11-9-12-17-22)28-29(25,26)27-23-18-14-10-15-19-23;/h9-12,14-19,24H,2-8,13,20-21H2,1H3,(H,25,26);/q;+1/p-1/t24-;/m1./s1. The van der Waals surface area contributed by atoms with Gasteiger partial charge >= 0.3 is 37.4 Å². The summed E-state index contributed by atoms with van der Waals surface area (Å²) in [7, 11) is -4.43. The Morgan fingerprint density at radius 1 is 0.833 bits per heavy atom. The van der Waals surface area contributed by atoms with Crippen molar-refractivity contribution < 1.29 is 48.1 Å². The zero-order valence-electron chi connectivity index (χ0n) is 18.5. The first-order chi connectivity index (χ1) is 14.1. The van der Waals surface area contributed by atoms with Gasteiger partial charge in [0.05, 0.1) is 6.10 Å². The van der Waals surface area contributed by atoms with Crippen molar-refractivity contribution in [1.82, 2.24) is 0 Å². The first kappa shape index (κ1) is 27.4. The first-order valence-corrected chi connectivity index (χ1v) is 12.3. The third kappa shape index (κ3) is 12.3. The Morgan fingerprint density at radius 2 is 1.37 bits per heavy atom. The molecule has 0 fully saturated rings. The van der Waals surface area contributed by atoms with Gasteiger partial charge < -0.3 is 13.9 Å². The van der Waals surface area contributed by atoms with E-state index in [0.717, 1.165) is 18.4 Å². The van der Waals surface area contributed by atoms with Gasteiger partial charge in [-0.3, -0.25) is 4.57 Å². The van der Waals surface area contributed by atoms with E-state index in [9.17, 15) is 9.46 Å². The summed E-state index contributed by atoms with van der Waals surface area (Å²) in [6, 6.07) is 18.4. The van der Waals surface area contributed by atoms with Crippen molar-refractivity contribution in [3.63, 3.8) is 0 Å². The van der Waals surface area contributed by atoms with Crippen LogP contribution in [0.3, 0.4) is 0 Å². The van der Waals surface area contributed by atoms with Crippen molar-refractivity contribution in [2.24, 2.45) is 0 Å². The molecule has 0 heterocycles. The van der Waals surface area contributed by atoms with Crippen LogP contribution in [0.2, 0.25) is 0 Å². The van der Waals surface area contributed by atoms with Gasteiger partial charge in [0.15, 0.2) is 0 Å². The summed E-state index contributed by atoms with van der Waals surface area (Å²) < 4.78 is 23.0. The second-order valence-corrected chi connectivity index (χ2v) is 8.82. The van der Waals surface area contributed by atoms with Crippen LogP contribution in [0.4, 0.5) is 0 Å². The Hall–Kier alpha value is -0.610. The molecule has 0 saturated heterocycles. The summed E-state index contributed by atoms with van der Waals surface area (Å²) in [4.78, 5) is 12.4. The third-order valence-corrected chi connectivity index (χ3v) is 5.92. The maximum atomic E-state index is 12.4. The Morgan fingerprint density at radius 3 is 1.97 bits per heavy atom. The van der Waals surface area contributed by atoms with E-state index in [2.05, 4.69) is 6.92 Å². The van der Waals surface area contributed by atoms with Crippen LogP contribution in [-0.2, 0) is 15.5 Å². The number of phosphoric acid groups is 1. The van der Waals surface area contributed by atoms with Crippen LogP contribution in [0.15, 0.2) is 60.7 Å². The number of hydrogen-bond donors (Lipinski definition) is 0. The largest absolute Gasteiger partial charge is 1.00 e. The molecule has 2 atom stereocenters. The van der Waals surface area contributed by atoms with E-state index < -0.39 is 13.9 Å². The molecule has 4 nitrogen and oxygen atoms in total. The predicted molar refractivity (Wildman–Crippen MR) is 117 cm³/mol. The Balaban J connectivity index is 0.00000450. The monoisotopic (exact) mass is 440 g/mol. The van der Waals surface area contributed by atoms with E-state index in [1.807, 2.05) is 36.4 Å². The molecule has 0 amide bonds. The van der Waals surface area contributed by atoms with E-state index >= 15 is 0 Å². The van der Waals surface area contributed by atoms with Crippen molar-refractivity contribution in [2.75, 3.05) is 0 Å². The van der Waals surface area contributed by atoms with Gasteiger partial charge in [-0.25, -0.2) is 0 Å².